The van der Waals surface area contributed by atoms with Crippen LogP contribution in [-0.4, -0.2) is 4.40 Å². The molecule has 2 heterocycles. The van der Waals surface area contributed by atoms with Gasteiger partial charge in [-0.25, -0.2) is 8.97 Å². The highest BCUT2D eigenvalue weighted by atomic mass is 79.9. The number of pyridine rings is 1. The number of aromatic nitrogens is 2. The Bertz CT molecular complexity index is 646. The molecule has 0 atom stereocenters. The van der Waals surface area contributed by atoms with E-state index >= 15 is 0 Å². The third-order valence-electron chi connectivity index (χ3n) is 2.84. The predicted octanol–water partition coefficient (Wildman–Crippen LogP) is 0.0416. The van der Waals surface area contributed by atoms with Crippen LogP contribution < -0.4 is 17.0 Å². The Morgan fingerprint density at radius 1 is 1.00 bits per heavy atom. The van der Waals surface area contributed by atoms with Crippen LogP contribution >= 0.6 is 15.9 Å². The van der Waals surface area contributed by atoms with Gasteiger partial charge in [0.05, 0.1) is 6.20 Å². The largest absolute Gasteiger partial charge is 1.00 e. The van der Waals surface area contributed by atoms with Crippen molar-refractivity contribution in [2.24, 2.45) is 0 Å². The lowest BCUT2D eigenvalue weighted by atomic mass is 10.2. The first-order chi connectivity index (χ1) is 8.33. The second-order valence-corrected chi connectivity index (χ2v) is 4.93. The van der Waals surface area contributed by atoms with E-state index in [-0.39, 0.29) is 12.4 Å². The van der Waals surface area contributed by atoms with E-state index in [4.69, 9.17) is 0 Å². The number of halogens is 2. The first-order valence-electron chi connectivity index (χ1n) is 5.52. The molecule has 3 rings (SSSR count). The summed E-state index contributed by atoms with van der Waals surface area (Å²) >= 11 is 3.45. The van der Waals surface area contributed by atoms with Crippen molar-refractivity contribution in [3.8, 4) is 0 Å². The van der Waals surface area contributed by atoms with Gasteiger partial charge in [-0.1, -0.05) is 34.1 Å². The van der Waals surface area contributed by atoms with Crippen molar-refractivity contribution in [3.05, 3.63) is 71.1 Å². The van der Waals surface area contributed by atoms with Crippen molar-refractivity contribution in [1.82, 2.24) is 4.40 Å². The van der Waals surface area contributed by atoms with Gasteiger partial charge >= 0.3 is 0 Å². The van der Waals surface area contributed by atoms with Gasteiger partial charge in [0.15, 0.2) is 0 Å². The van der Waals surface area contributed by atoms with Crippen molar-refractivity contribution in [3.63, 3.8) is 0 Å². The zero-order valence-electron chi connectivity index (χ0n) is 9.63. The van der Waals surface area contributed by atoms with Gasteiger partial charge in [-0.3, -0.25) is 0 Å². The summed E-state index contributed by atoms with van der Waals surface area (Å²) in [5.74, 6) is 0. The highest BCUT2D eigenvalue weighted by molar-refractivity contribution is 9.10. The predicted molar refractivity (Wildman–Crippen MR) is 70.8 cm³/mol. The van der Waals surface area contributed by atoms with E-state index in [0.717, 1.165) is 11.0 Å². The van der Waals surface area contributed by atoms with Gasteiger partial charge in [0.1, 0.15) is 18.9 Å². The molecule has 0 aliphatic rings. The van der Waals surface area contributed by atoms with E-state index in [1.807, 2.05) is 6.07 Å². The molecule has 0 fully saturated rings. The Labute approximate surface area is 120 Å². The second-order valence-electron chi connectivity index (χ2n) is 4.02. The third kappa shape index (κ3) is 2.57. The maximum atomic E-state index is 3.45. The lowest BCUT2D eigenvalue weighted by Crippen LogP contribution is -3.00. The van der Waals surface area contributed by atoms with Crippen LogP contribution in [0.15, 0.2) is 65.5 Å². The molecule has 0 bridgehead atoms. The summed E-state index contributed by atoms with van der Waals surface area (Å²) in [7, 11) is 0. The summed E-state index contributed by atoms with van der Waals surface area (Å²) in [6.45, 7) is 0.897. The minimum absolute atomic E-state index is 0. The average molecular weight is 324 g/mol. The zero-order valence-corrected chi connectivity index (χ0v) is 12.0. The molecule has 0 spiro atoms. The van der Waals surface area contributed by atoms with E-state index in [1.54, 1.807) is 0 Å². The van der Waals surface area contributed by atoms with Crippen LogP contribution in [0, 0.1) is 0 Å². The molecule has 2 nitrogen and oxygen atoms in total. The Hall–Kier alpha value is -1.32. The number of fused-ring (bicyclic) bond motifs is 1. The summed E-state index contributed by atoms with van der Waals surface area (Å²) in [6, 6.07) is 14.7. The van der Waals surface area contributed by atoms with Crippen LogP contribution in [0.4, 0.5) is 0 Å². The Morgan fingerprint density at radius 2 is 1.78 bits per heavy atom. The fourth-order valence-electron chi connectivity index (χ4n) is 1.97. The standard InChI is InChI=1S/C14H12BrN2.ClH/c15-13-6-4-12(5-7-13)11-17-10-9-16-8-2-1-3-14(16)17;/h1-10H,11H2;1H/q+1;/p-1. The van der Waals surface area contributed by atoms with Gasteiger partial charge in [-0.2, -0.15) is 0 Å². The van der Waals surface area contributed by atoms with Crippen LogP contribution in [-0.2, 0) is 6.54 Å². The minimum Gasteiger partial charge on any atom is -1.00 e. The lowest BCUT2D eigenvalue weighted by Gasteiger charge is -1.99. The van der Waals surface area contributed by atoms with Crippen LogP contribution in [0.5, 0.6) is 0 Å². The fraction of sp³-hybridized carbons (Fsp3) is 0.0714. The first kappa shape index (κ1) is 13.1. The molecule has 0 aliphatic carbocycles. The van der Waals surface area contributed by atoms with E-state index < -0.39 is 0 Å². The van der Waals surface area contributed by atoms with Crippen molar-refractivity contribution in [1.29, 1.82) is 0 Å². The highest BCUT2D eigenvalue weighted by Gasteiger charge is 2.08. The van der Waals surface area contributed by atoms with E-state index in [2.05, 4.69) is 79.9 Å². The van der Waals surface area contributed by atoms with E-state index in [1.165, 1.54) is 11.2 Å². The van der Waals surface area contributed by atoms with Crippen molar-refractivity contribution in [2.75, 3.05) is 0 Å². The molecule has 92 valence electrons. The van der Waals surface area contributed by atoms with Gasteiger partial charge in [0, 0.05) is 10.5 Å². The topological polar surface area (TPSA) is 8.29 Å². The van der Waals surface area contributed by atoms with Crippen LogP contribution in [0.3, 0.4) is 0 Å². The molecule has 0 unspecified atom stereocenters. The molecule has 3 aromatic rings. The molecule has 0 radical (unpaired) electrons. The molecule has 2 aromatic heterocycles. The maximum absolute atomic E-state index is 3.45. The molecule has 4 heteroatoms. The first-order valence-corrected chi connectivity index (χ1v) is 6.32. The van der Waals surface area contributed by atoms with Crippen LogP contribution in [0.25, 0.3) is 5.65 Å². The molecule has 0 saturated carbocycles. The minimum atomic E-state index is 0. The highest BCUT2D eigenvalue weighted by Crippen LogP contribution is 2.10. The zero-order chi connectivity index (χ0) is 11.7. The molecule has 0 saturated heterocycles. The number of imidazole rings is 1. The third-order valence-corrected chi connectivity index (χ3v) is 3.36. The van der Waals surface area contributed by atoms with Crippen molar-refractivity contribution in [2.45, 2.75) is 6.54 Å². The summed E-state index contributed by atoms with van der Waals surface area (Å²) < 4.78 is 5.48. The van der Waals surface area contributed by atoms with E-state index in [9.17, 15) is 0 Å². The molecular weight excluding hydrogens is 312 g/mol. The smallest absolute Gasteiger partial charge is 0.286 e. The maximum Gasteiger partial charge on any atom is 0.286 e. The molecule has 0 N–H and O–H groups in total. The summed E-state index contributed by atoms with van der Waals surface area (Å²) in [6.07, 6.45) is 6.25. The molecule has 0 aliphatic heterocycles. The molecule has 18 heavy (non-hydrogen) atoms. The van der Waals surface area contributed by atoms with E-state index in [0.29, 0.717) is 0 Å². The lowest BCUT2D eigenvalue weighted by molar-refractivity contribution is -0.661. The fourth-order valence-corrected chi connectivity index (χ4v) is 2.23. The van der Waals surface area contributed by atoms with Gasteiger partial charge in [0.25, 0.3) is 5.65 Å². The SMILES string of the molecule is Brc1ccc(C[n+]2ccn3ccccc32)cc1.[Cl-]. The van der Waals surface area contributed by atoms with Gasteiger partial charge < -0.3 is 12.4 Å². The monoisotopic (exact) mass is 322 g/mol. The van der Waals surface area contributed by atoms with Crippen molar-refractivity contribution >= 4 is 21.6 Å². The number of benzene rings is 1. The Kier molecular flexibility index (Phi) is 4.04. The number of rotatable bonds is 2. The van der Waals surface area contributed by atoms with Crippen LogP contribution in [0.2, 0.25) is 0 Å². The van der Waals surface area contributed by atoms with Gasteiger partial charge in [-0.05, 0) is 23.8 Å². The number of nitrogens with zero attached hydrogens (tertiary/aromatic N) is 2. The molecule has 0 amide bonds. The Balaban J connectivity index is 0.00000120. The van der Waals surface area contributed by atoms with Gasteiger partial charge in [-0.15, -0.1) is 0 Å². The summed E-state index contributed by atoms with van der Waals surface area (Å²) in [4.78, 5) is 0. The van der Waals surface area contributed by atoms with Crippen molar-refractivity contribution < 1.29 is 17.0 Å². The molecule has 1 aromatic carbocycles. The molecular formula is C14H12BrClN2. The number of hydrogen-bond donors (Lipinski definition) is 0. The quantitative estimate of drug-likeness (QED) is 0.589. The average Bonchev–Trinajstić information content (AvgIpc) is 2.76. The normalized spacial score (nSPS) is 10.3. The van der Waals surface area contributed by atoms with Crippen LogP contribution in [0.1, 0.15) is 5.56 Å². The second kappa shape index (κ2) is 5.55. The summed E-state index contributed by atoms with van der Waals surface area (Å²) in [5, 5.41) is 0. The Morgan fingerprint density at radius 3 is 2.56 bits per heavy atom. The van der Waals surface area contributed by atoms with Gasteiger partial charge in [0.2, 0.25) is 0 Å². The number of hydrogen-bond acceptors (Lipinski definition) is 0. The summed E-state index contributed by atoms with van der Waals surface area (Å²) in [5.41, 5.74) is 2.51.